The van der Waals surface area contributed by atoms with E-state index in [4.69, 9.17) is 0 Å². The lowest BCUT2D eigenvalue weighted by atomic mass is 9.62. The monoisotopic (exact) mass is 339 g/mol. The first-order valence-corrected chi connectivity index (χ1v) is 9.16. The van der Waals surface area contributed by atoms with Crippen LogP contribution in [0.25, 0.3) is 0 Å². The predicted molar refractivity (Wildman–Crippen MR) is 94.0 cm³/mol. The van der Waals surface area contributed by atoms with Crippen molar-refractivity contribution in [3.63, 3.8) is 0 Å². The highest BCUT2D eigenvalue weighted by Crippen LogP contribution is 2.55. The predicted octanol–water partition coefficient (Wildman–Crippen LogP) is 2.74. The van der Waals surface area contributed by atoms with Crippen LogP contribution in [0.5, 0.6) is 0 Å². The zero-order valence-electron chi connectivity index (χ0n) is 14.9. The summed E-state index contributed by atoms with van der Waals surface area (Å²) >= 11 is 0. The van der Waals surface area contributed by atoms with E-state index in [-0.39, 0.29) is 17.2 Å². The fourth-order valence-corrected chi connectivity index (χ4v) is 4.36. The minimum Gasteiger partial charge on any atom is -0.337 e. The van der Waals surface area contributed by atoms with Gasteiger partial charge in [0.2, 0.25) is 0 Å². The highest BCUT2D eigenvalue weighted by atomic mass is 16.2. The summed E-state index contributed by atoms with van der Waals surface area (Å²) in [6, 6.07) is 3.66. The number of carbonyl (C=O) groups excluding carboxylic acids is 1. The van der Waals surface area contributed by atoms with Gasteiger partial charge < -0.3 is 9.47 Å². The van der Waals surface area contributed by atoms with Crippen molar-refractivity contribution in [3.05, 3.63) is 42.2 Å². The Hall–Kier alpha value is -2.24. The zero-order valence-corrected chi connectivity index (χ0v) is 14.9. The smallest absolute Gasteiger partial charge is 0.255 e. The van der Waals surface area contributed by atoms with E-state index < -0.39 is 0 Å². The van der Waals surface area contributed by atoms with Crippen LogP contribution in [0.3, 0.4) is 0 Å². The third kappa shape index (κ3) is 2.83. The van der Waals surface area contributed by atoms with Gasteiger partial charge in [0.25, 0.3) is 5.91 Å². The molecule has 4 rings (SSSR count). The van der Waals surface area contributed by atoms with Gasteiger partial charge in [0.15, 0.2) is 0 Å². The Bertz CT molecular complexity index is 750. The van der Waals surface area contributed by atoms with Crippen molar-refractivity contribution in [2.24, 2.45) is 11.3 Å². The number of nitrogens with zero attached hydrogens (tertiary/aromatic N) is 5. The van der Waals surface area contributed by atoms with E-state index in [9.17, 15) is 4.79 Å². The van der Waals surface area contributed by atoms with Crippen molar-refractivity contribution < 1.29 is 4.79 Å². The standard InChI is InChI=1S/C19H25N5O/c1-14(2)10-24-13-21-22-17(24)16-11-23(12-19(16)6-4-7-19)18(25)15-5-3-8-20-9-15/h3,5,8-9,13-14,16H,4,6-7,10-12H2,1-2H3. The minimum atomic E-state index is 0.0804. The molecule has 2 aliphatic rings. The van der Waals surface area contributed by atoms with Crippen LogP contribution in [0.2, 0.25) is 0 Å². The van der Waals surface area contributed by atoms with Crippen LogP contribution in [-0.2, 0) is 6.54 Å². The Kier molecular flexibility index (Phi) is 4.06. The number of carbonyl (C=O) groups is 1. The van der Waals surface area contributed by atoms with Crippen molar-refractivity contribution in [3.8, 4) is 0 Å². The lowest BCUT2D eigenvalue weighted by Gasteiger charge is -2.42. The molecular weight excluding hydrogens is 314 g/mol. The Labute approximate surface area is 148 Å². The van der Waals surface area contributed by atoms with Crippen LogP contribution < -0.4 is 0 Å². The Morgan fingerprint density at radius 3 is 2.88 bits per heavy atom. The molecule has 132 valence electrons. The van der Waals surface area contributed by atoms with E-state index in [1.807, 2.05) is 23.4 Å². The number of amides is 1. The van der Waals surface area contributed by atoms with Crippen LogP contribution in [0.4, 0.5) is 0 Å². The van der Waals surface area contributed by atoms with Gasteiger partial charge in [0.1, 0.15) is 12.2 Å². The van der Waals surface area contributed by atoms with Crippen LogP contribution >= 0.6 is 0 Å². The van der Waals surface area contributed by atoms with Gasteiger partial charge in [0.05, 0.1) is 5.56 Å². The Morgan fingerprint density at radius 1 is 1.40 bits per heavy atom. The molecule has 1 aliphatic carbocycles. The fraction of sp³-hybridized carbons (Fsp3) is 0.579. The number of hydrogen-bond acceptors (Lipinski definition) is 4. The van der Waals surface area contributed by atoms with Crippen molar-refractivity contribution in [2.45, 2.75) is 45.6 Å². The third-order valence-corrected chi connectivity index (χ3v) is 5.71. The number of likely N-dealkylation sites (tertiary alicyclic amines) is 1. The van der Waals surface area contributed by atoms with E-state index in [0.717, 1.165) is 25.5 Å². The first-order chi connectivity index (χ1) is 12.1. The molecule has 0 radical (unpaired) electrons. The molecule has 2 aromatic rings. The van der Waals surface area contributed by atoms with E-state index in [2.05, 4.69) is 33.6 Å². The molecule has 6 heteroatoms. The van der Waals surface area contributed by atoms with Crippen molar-refractivity contribution >= 4 is 5.91 Å². The summed E-state index contributed by atoms with van der Waals surface area (Å²) in [5.41, 5.74) is 0.848. The highest BCUT2D eigenvalue weighted by Gasteiger charge is 2.53. The number of rotatable bonds is 4. The molecule has 1 aliphatic heterocycles. The normalized spacial score (nSPS) is 21.7. The largest absolute Gasteiger partial charge is 0.337 e. The van der Waals surface area contributed by atoms with Crippen molar-refractivity contribution in [1.82, 2.24) is 24.6 Å². The molecule has 2 fully saturated rings. The zero-order chi connectivity index (χ0) is 17.4. The molecule has 1 amide bonds. The average molecular weight is 339 g/mol. The van der Waals surface area contributed by atoms with Gasteiger partial charge >= 0.3 is 0 Å². The first-order valence-electron chi connectivity index (χ1n) is 9.16. The quantitative estimate of drug-likeness (QED) is 0.859. The highest BCUT2D eigenvalue weighted by molar-refractivity contribution is 5.94. The lowest BCUT2D eigenvalue weighted by Crippen LogP contribution is -2.38. The second kappa shape index (κ2) is 6.24. The van der Waals surface area contributed by atoms with Crippen LogP contribution in [0.15, 0.2) is 30.9 Å². The van der Waals surface area contributed by atoms with Gasteiger partial charge in [-0.05, 0) is 36.3 Å². The maximum absolute atomic E-state index is 12.9. The van der Waals surface area contributed by atoms with Gasteiger partial charge in [0, 0.05) is 37.9 Å². The van der Waals surface area contributed by atoms with E-state index in [1.165, 1.54) is 19.3 Å². The Balaban J connectivity index is 1.61. The summed E-state index contributed by atoms with van der Waals surface area (Å²) in [4.78, 5) is 19.0. The summed E-state index contributed by atoms with van der Waals surface area (Å²) in [5.74, 6) is 1.96. The molecule has 1 spiro atoms. The molecule has 1 saturated carbocycles. The third-order valence-electron chi connectivity index (χ3n) is 5.71. The van der Waals surface area contributed by atoms with Crippen LogP contribution in [0.1, 0.15) is 55.2 Å². The summed E-state index contributed by atoms with van der Waals surface area (Å²) in [7, 11) is 0. The number of aromatic nitrogens is 4. The maximum Gasteiger partial charge on any atom is 0.255 e. The minimum absolute atomic E-state index is 0.0804. The Morgan fingerprint density at radius 2 is 2.24 bits per heavy atom. The SMILES string of the molecule is CC(C)Cn1cnnc1C1CN(C(=O)c2cccnc2)CC12CCC2. The molecule has 2 aromatic heterocycles. The second-order valence-corrected chi connectivity index (χ2v) is 7.93. The fourth-order valence-electron chi connectivity index (χ4n) is 4.36. The van der Waals surface area contributed by atoms with Gasteiger partial charge in [-0.25, -0.2) is 0 Å². The second-order valence-electron chi connectivity index (χ2n) is 7.93. The molecule has 3 heterocycles. The molecule has 1 atom stereocenters. The maximum atomic E-state index is 12.9. The molecule has 25 heavy (non-hydrogen) atoms. The summed E-state index contributed by atoms with van der Waals surface area (Å²) in [6.07, 6.45) is 8.78. The van der Waals surface area contributed by atoms with Crippen molar-refractivity contribution in [1.29, 1.82) is 0 Å². The molecule has 6 nitrogen and oxygen atoms in total. The van der Waals surface area contributed by atoms with E-state index >= 15 is 0 Å². The molecule has 0 bridgehead atoms. The molecular formula is C19H25N5O. The summed E-state index contributed by atoms with van der Waals surface area (Å²) in [6.45, 7) is 6.88. The lowest BCUT2D eigenvalue weighted by molar-refractivity contribution is 0.0722. The molecule has 0 N–H and O–H groups in total. The van der Waals surface area contributed by atoms with Gasteiger partial charge in [-0.15, -0.1) is 10.2 Å². The van der Waals surface area contributed by atoms with Crippen LogP contribution in [-0.4, -0.2) is 43.6 Å². The summed E-state index contributed by atoms with van der Waals surface area (Å²) < 4.78 is 2.19. The number of pyridine rings is 1. The van der Waals surface area contributed by atoms with Gasteiger partial charge in [-0.2, -0.15) is 0 Å². The topological polar surface area (TPSA) is 63.9 Å². The van der Waals surface area contributed by atoms with Crippen LogP contribution in [0, 0.1) is 11.3 Å². The molecule has 1 saturated heterocycles. The summed E-state index contributed by atoms with van der Waals surface area (Å²) in [5, 5.41) is 8.63. The van der Waals surface area contributed by atoms with Crippen molar-refractivity contribution in [2.75, 3.05) is 13.1 Å². The average Bonchev–Trinajstić information content (AvgIpc) is 3.18. The first kappa shape index (κ1) is 16.2. The van der Waals surface area contributed by atoms with Gasteiger partial charge in [-0.3, -0.25) is 9.78 Å². The van der Waals surface area contributed by atoms with Gasteiger partial charge in [-0.1, -0.05) is 20.3 Å². The van der Waals surface area contributed by atoms with E-state index in [1.54, 1.807) is 12.4 Å². The van der Waals surface area contributed by atoms with E-state index in [0.29, 0.717) is 11.5 Å². The molecule has 1 unspecified atom stereocenters. The number of hydrogen-bond donors (Lipinski definition) is 0. The molecule has 0 aromatic carbocycles.